The first-order chi connectivity index (χ1) is 13.6. The minimum absolute atomic E-state index is 0.138. The van der Waals surface area contributed by atoms with Gasteiger partial charge in [-0.05, 0) is 54.8 Å². The van der Waals surface area contributed by atoms with E-state index in [2.05, 4.69) is 11.4 Å². The van der Waals surface area contributed by atoms with E-state index in [4.69, 9.17) is 9.47 Å². The van der Waals surface area contributed by atoms with Crippen LogP contribution in [0.25, 0.3) is 0 Å². The number of nitriles is 1. The summed E-state index contributed by atoms with van der Waals surface area (Å²) >= 11 is 2.78. The molecule has 0 unspecified atom stereocenters. The third-order valence-corrected chi connectivity index (χ3v) is 6.40. The topological polar surface area (TPSA) is 71.3 Å². The molecular weight excluding hydrogens is 392 g/mol. The molecule has 0 bridgehead atoms. The summed E-state index contributed by atoms with van der Waals surface area (Å²) in [6.45, 7) is 0. The number of ether oxygens (including phenoxy) is 2. The van der Waals surface area contributed by atoms with Crippen molar-refractivity contribution in [2.24, 2.45) is 0 Å². The zero-order valence-electron chi connectivity index (χ0n) is 15.6. The molecule has 0 spiro atoms. The number of ketones is 1. The van der Waals surface area contributed by atoms with E-state index in [1.54, 1.807) is 38.5 Å². The number of hydrogen-bond acceptors (Lipinski definition) is 7. The van der Waals surface area contributed by atoms with Crippen molar-refractivity contribution >= 4 is 40.3 Å². The SMILES string of the molecule is COc1ccc(Nc2c(C(=O)c3ccc(OC)cc3)sc(SC)c2C#N)cc1. The molecule has 0 aliphatic carbocycles. The van der Waals surface area contributed by atoms with Crippen LogP contribution >= 0.6 is 23.1 Å². The van der Waals surface area contributed by atoms with Gasteiger partial charge in [0.25, 0.3) is 0 Å². The molecule has 1 aromatic heterocycles. The summed E-state index contributed by atoms with van der Waals surface area (Å²) in [7, 11) is 3.18. The normalized spacial score (nSPS) is 10.2. The molecule has 0 aliphatic heterocycles. The van der Waals surface area contributed by atoms with Crippen molar-refractivity contribution in [3.05, 3.63) is 64.5 Å². The monoisotopic (exact) mass is 410 g/mol. The van der Waals surface area contributed by atoms with Gasteiger partial charge >= 0.3 is 0 Å². The second-order valence-electron chi connectivity index (χ2n) is 5.70. The van der Waals surface area contributed by atoms with Gasteiger partial charge in [0.15, 0.2) is 0 Å². The lowest BCUT2D eigenvalue weighted by atomic mass is 10.1. The number of benzene rings is 2. The van der Waals surface area contributed by atoms with Crippen LogP contribution in [0.2, 0.25) is 0 Å². The molecule has 1 heterocycles. The van der Waals surface area contributed by atoms with E-state index in [1.165, 1.54) is 23.1 Å². The van der Waals surface area contributed by atoms with Crippen LogP contribution in [-0.4, -0.2) is 26.3 Å². The Morgan fingerprint density at radius 2 is 1.61 bits per heavy atom. The first-order valence-corrected chi connectivity index (χ1v) is 10.4. The smallest absolute Gasteiger partial charge is 0.205 e. The van der Waals surface area contributed by atoms with Crippen LogP contribution in [0.1, 0.15) is 20.8 Å². The van der Waals surface area contributed by atoms with E-state index in [0.29, 0.717) is 27.4 Å². The summed E-state index contributed by atoms with van der Waals surface area (Å²) in [4.78, 5) is 13.6. The predicted molar refractivity (Wildman–Crippen MR) is 114 cm³/mol. The number of rotatable bonds is 7. The van der Waals surface area contributed by atoms with Gasteiger partial charge < -0.3 is 14.8 Å². The van der Waals surface area contributed by atoms with Crippen LogP contribution in [0.15, 0.2) is 52.7 Å². The largest absolute Gasteiger partial charge is 0.497 e. The molecule has 3 rings (SSSR count). The fourth-order valence-corrected chi connectivity index (χ4v) is 4.46. The maximum absolute atomic E-state index is 13.1. The number of nitrogens with one attached hydrogen (secondary N) is 1. The molecule has 5 nitrogen and oxygen atoms in total. The van der Waals surface area contributed by atoms with Crippen LogP contribution in [0.3, 0.4) is 0 Å². The second-order valence-corrected chi connectivity index (χ2v) is 7.79. The van der Waals surface area contributed by atoms with E-state index in [1.807, 2.05) is 30.5 Å². The highest BCUT2D eigenvalue weighted by Gasteiger charge is 2.24. The molecule has 0 radical (unpaired) electrons. The van der Waals surface area contributed by atoms with Gasteiger partial charge in [-0.15, -0.1) is 23.1 Å². The minimum Gasteiger partial charge on any atom is -0.497 e. The van der Waals surface area contributed by atoms with Gasteiger partial charge in [0.05, 0.1) is 24.1 Å². The van der Waals surface area contributed by atoms with E-state index in [-0.39, 0.29) is 5.78 Å². The molecule has 0 aliphatic rings. The Labute approximate surface area is 171 Å². The summed E-state index contributed by atoms with van der Waals surface area (Å²) in [5.74, 6) is 1.28. The van der Waals surface area contributed by atoms with E-state index in [9.17, 15) is 10.1 Å². The first kappa shape index (κ1) is 19.8. The zero-order chi connectivity index (χ0) is 20.1. The lowest BCUT2D eigenvalue weighted by molar-refractivity contribution is 0.104. The molecule has 0 saturated heterocycles. The Hall–Kier alpha value is -2.95. The summed E-state index contributed by atoms with van der Waals surface area (Å²) in [5, 5.41) is 12.9. The summed E-state index contributed by atoms with van der Waals surface area (Å²) < 4.78 is 11.1. The quantitative estimate of drug-likeness (QED) is 0.419. The Kier molecular flexibility index (Phi) is 6.24. The van der Waals surface area contributed by atoms with Gasteiger partial charge in [0.2, 0.25) is 5.78 Å². The van der Waals surface area contributed by atoms with Crippen LogP contribution in [-0.2, 0) is 0 Å². The predicted octanol–water partition coefficient (Wildman–Crippen LogP) is 5.33. The molecule has 0 saturated carbocycles. The summed E-state index contributed by atoms with van der Waals surface area (Å²) in [6.07, 6.45) is 1.89. The van der Waals surface area contributed by atoms with Crippen molar-refractivity contribution in [3.63, 3.8) is 0 Å². The zero-order valence-corrected chi connectivity index (χ0v) is 17.2. The van der Waals surface area contributed by atoms with Crippen molar-refractivity contribution in [1.82, 2.24) is 0 Å². The Bertz CT molecular complexity index is 1020. The Balaban J connectivity index is 2.03. The van der Waals surface area contributed by atoms with Gasteiger partial charge in [0.1, 0.15) is 28.0 Å². The highest BCUT2D eigenvalue weighted by molar-refractivity contribution is 8.00. The van der Waals surface area contributed by atoms with Crippen molar-refractivity contribution in [1.29, 1.82) is 5.26 Å². The average Bonchev–Trinajstić information content (AvgIpc) is 3.11. The van der Waals surface area contributed by atoms with Crippen molar-refractivity contribution in [2.75, 3.05) is 25.8 Å². The molecule has 3 aromatic rings. The fourth-order valence-electron chi connectivity index (χ4n) is 2.63. The number of carbonyl (C=O) groups excluding carboxylic acids is 1. The number of thioether (sulfide) groups is 1. The standard InChI is InChI=1S/C21H18N2O3S2/c1-25-15-8-4-13(5-9-15)19(24)20-18(17(12-22)21(27-3)28-20)23-14-6-10-16(26-2)11-7-14/h4-11,23H,1-3H3. The highest BCUT2D eigenvalue weighted by atomic mass is 32.2. The van der Waals surface area contributed by atoms with Gasteiger partial charge in [-0.3, -0.25) is 4.79 Å². The third-order valence-electron chi connectivity index (χ3n) is 4.09. The lowest BCUT2D eigenvalue weighted by Crippen LogP contribution is -2.03. The number of nitrogens with zero attached hydrogens (tertiary/aromatic N) is 1. The van der Waals surface area contributed by atoms with E-state index < -0.39 is 0 Å². The molecule has 7 heteroatoms. The van der Waals surface area contributed by atoms with Gasteiger partial charge in [-0.25, -0.2) is 0 Å². The van der Waals surface area contributed by atoms with Crippen molar-refractivity contribution in [2.45, 2.75) is 4.21 Å². The first-order valence-electron chi connectivity index (χ1n) is 8.32. The van der Waals surface area contributed by atoms with Gasteiger partial charge in [-0.1, -0.05) is 0 Å². The molecule has 0 amide bonds. The fraction of sp³-hybridized carbons (Fsp3) is 0.143. The maximum atomic E-state index is 13.1. The molecule has 0 fully saturated rings. The number of hydrogen-bond donors (Lipinski definition) is 1. The summed E-state index contributed by atoms with van der Waals surface area (Å²) in [6, 6.07) is 16.5. The lowest BCUT2D eigenvalue weighted by Gasteiger charge is -2.09. The van der Waals surface area contributed by atoms with Crippen LogP contribution in [0.5, 0.6) is 11.5 Å². The Morgan fingerprint density at radius 1 is 1.04 bits per heavy atom. The number of anilines is 2. The van der Waals surface area contributed by atoms with Crippen LogP contribution in [0, 0.1) is 11.3 Å². The second kappa shape index (κ2) is 8.83. The molecule has 0 atom stereocenters. The van der Waals surface area contributed by atoms with Gasteiger partial charge in [-0.2, -0.15) is 5.26 Å². The average molecular weight is 411 g/mol. The molecule has 28 heavy (non-hydrogen) atoms. The van der Waals surface area contributed by atoms with Crippen molar-refractivity contribution in [3.8, 4) is 17.6 Å². The molecular formula is C21H18N2O3S2. The van der Waals surface area contributed by atoms with Gasteiger partial charge in [0, 0.05) is 11.3 Å². The van der Waals surface area contributed by atoms with E-state index in [0.717, 1.165) is 15.6 Å². The maximum Gasteiger partial charge on any atom is 0.205 e. The number of methoxy groups -OCH3 is 2. The van der Waals surface area contributed by atoms with Crippen LogP contribution < -0.4 is 14.8 Å². The van der Waals surface area contributed by atoms with Crippen molar-refractivity contribution < 1.29 is 14.3 Å². The highest BCUT2D eigenvalue weighted by Crippen LogP contribution is 2.41. The molecule has 1 N–H and O–H groups in total. The summed E-state index contributed by atoms with van der Waals surface area (Å²) in [5.41, 5.74) is 2.32. The van der Waals surface area contributed by atoms with E-state index >= 15 is 0 Å². The molecule has 142 valence electrons. The third kappa shape index (κ3) is 3.98. The molecule has 2 aromatic carbocycles. The number of thiophene rings is 1. The van der Waals surface area contributed by atoms with Crippen LogP contribution in [0.4, 0.5) is 11.4 Å². The number of carbonyl (C=O) groups is 1. The Morgan fingerprint density at radius 3 is 2.11 bits per heavy atom. The minimum atomic E-state index is -0.138.